The molecule has 0 bridgehead atoms. The smallest absolute Gasteiger partial charge is 0.342 e. The van der Waals surface area contributed by atoms with Crippen LogP contribution >= 0.6 is 15.9 Å². The molecular formula is C16H15BrO4. The second-order valence-electron chi connectivity index (χ2n) is 4.46. The largest absolute Gasteiger partial charge is 0.507 e. The monoisotopic (exact) mass is 350 g/mol. The van der Waals surface area contributed by atoms with E-state index in [1.165, 1.54) is 12.1 Å². The number of esters is 1. The number of ether oxygens (including phenoxy) is 2. The van der Waals surface area contributed by atoms with Crippen LogP contribution < -0.4 is 4.74 Å². The van der Waals surface area contributed by atoms with Gasteiger partial charge < -0.3 is 14.6 Å². The van der Waals surface area contributed by atoms with E-state index in [0.717, 1.165) is 11.3 Å². The molecular weight excluding hydrogens is 336 g/mol. The molecule has 0 aliphatic rings. The zero-order valence-corrected chi connectivity index (χ0v) is 13.1. The summed E-state index contributed by atoms with van der Waals surface area (Å²) < 4.78 is 11.2. The zero-order chi connectivity index (χ0) is 15.2. The van der Waals surface area contributed by atoms with Gasteiger partial charge in [0.25, 0.3) is 0 Å². The number of phenols is 1. The number of hydrogen-bond acceptors (Lipinski definition) is 4. The van der Waals surface area contributed by atoms with Crippen LogP contribution in [0.25, 0.3) is 0 Å². The summed E-state index contributed by atoms with van der Waals surface area (Å²) in [4.78, 5) is 11.8. The Bertz CT molecular complexity index is 623. The first-order valence-corrected chi connectivity index (χ1v) is 7.20. The normalized spacial score (nSPS) is 10.2. The summed E-state index contributed by atoms with van der Waals surface area (Å²) >= 11 is 3.24. The Labute approximate surface area is 131 Å². The lowest BCUT2D eigenvalue weighted by atomic mass is 10.2. The average molecular weight is 351 g/mol. The van der Waals surface area contributed by atoms with E-state index in [9.17, 15) is 9.90 Å². The molecule has 2 rings (SSSR count). The van der Waals surface area contributed by atoms with Crippen molar-refractivity contribution in [2.45, 2.75) is 6.92 Å². The van der Waals surface area contributed by atoms with Gasteiger partial charge in [0.2, 0.25) is 0 Å². The number of rotatable bonds is 5. The van der Waals surface area contributed by atoms with Gasteiger partial charge in [0.15, 0.2) is 0 Å². The molecule has 0 aliphatic heterocycles. The Morgan fingerprint density at radius 2 is 1.86 bits per heavy atom. The van der Waals surface area contributed by atoms with Crippen molar-refractivity contribution in [2.75, 3.05) is 13.2 Å². The molecule has 0 amide bonds. The van der Waals surface area contributed by atoms with Crippen LogP contribution in [0, 0.1) is 6.92 Å². The van der Waals surface area contributed by atoms with Gasteiger partial charge in [-0.3, -0.25) is 0 Å². The zero-order valence-electron chi connectivity index (χ0n) is 11.5. The van der Waals surface area contributed by atoms with Crippen molar-refractivity contribution in [1.29, 1.82) is 0 Å². The van der Waals surface area contributed by atoms with Crippen LogP contribution in [-0.4, -0.2) is 24.3 Å². The van der Waals surface area contributed by atoms with E-state index in [2.05, 4.69) is 15.9 Å². The fraction of sp³-hybridized carbons (Fsp3) is 0.188. The molecule has 0 saturated heterocycles. The van der Waals surface area contributed by atoms with Gasteiger partial charge in [0.1, 0.15) is 30.3 Å². The maximum absolute atomic E-state index is 11.8. The van der Waals surface area contributed by atoms with E-state index in [1.54, 1.807) is 6.07 Å². The molecule has 0 atom stereocenters. The third-order valence-corrected chi connectivity index (χ3v) is 3.28. The third kappa shape index (κ3) is 4.49. The lowest BCUT2D eigenvalue weighted by Crippen LogP contribution is -2.12. The highest BCUT2D eigenvalue weighted by atomic mass is 79.9. The molecule has 0 aromatic heterocycles. The highest BCUT2D eigenvalue weighted by Gasteiger charge is 2.12. The molecule has 110 valence electrons. The summed E-state index contributed by atoms with van der Waals surface area (Å²) in [5.74, 6) is 0.0333. The van der Waals surface area contributed by atoms with E-state index in [4.69, 9.17) is 9.47 Å². The number of carbonyl (C=O) groups is 1. The molecule has 2 aromatic carbocycles. The predicted octanol–water partition coefficient (Wildman–Crippen LogP) is 3.70. The van der Waals surface area contributed by atoms with Gasteiger partial charge in [0, 0.05) is 4.47 Å². The molecule has 0 fully saturated rings. The molecule has 2 aromatic rings. The van der Waals surface area contributed by atoms with Crippen molar-refractivity contribution < 1.29 is 19.4 Å². The van der Waals surface area contributed by atoms with Crippen LogP contribution in [0.4, 0.5) is 0 Å². The number of phenolic OH excluding ortho intramolecular Hbond substituents is 1. The summed E-state index contributed by atoms with van der Waals surface area (Å²) in [6.07, 6.45) is 0. The van der Waals surface area contributed by atoms with Crippen molar-refractivity contribution in [1.82, 2.24) is 0 Å². The summed E-state index contributed by atoms with van der Waals surface area (Å²) in [5, 5.41) is 9.61. The summed E-state index contributed by atoms with van der Waals surface area (Å²) in [5.41, 5.74) is 1.28. The highest BCUT2D eigenvalue weighted by molar-refractivity contribution is 9.10. The number of aromatic hydroxyl groups is 1. The molecule has 4 nitrogen and oxygen atoms in total. The van der Waals surface area contributed by atoms with Gasteiger partial charge in [-0.05, 0) is 37.3 Å². The molecule has 0 aliphatic carbocycles. The third-order valence-electron chi connectivity index (χ3n) is 2.78. The first kappa shape index (κ1) is 15.4. The van der Waals surface area contributed by atoms with E-state index in [0.29, 0.717) is 4.47 Å². The van der Waals surface area contributed by atoms with Crippen molar-refractivity contribution in [2.24, 2.45) is 0 Å². The summed E-state index contributed by atoms with van der Waals surface area (Å²) in [7, 11) is 0. The molecule has 0 unspecified atom stereocenters. The first-order valence-electron chi connectivity index (χ1n) is 6.41. The fourth-order valence-corrected chi connectivity index (χ4v) is 2.04. The number of aryl methyl sites for hydroxylation is 1. The van der Waals surface area contributed by atoms with Crippen LogP contribution in [0.15, 0.2) is 46.9 Å². The molecule has 0 radical (unpaired) electrons. The number of halogens is 1. The van der Waals surface area contributed by atoms with E-state index < -0.39 is 5.97 Å². The minimum Gasteiger partial charge on any atom is -0.507 e. The van der Waals surface area contributed by atoms with Crippen LogP contribution in [-0.2, 0) is 4.74 Å². The van der Waals surface area contributed by atoms with Crippen molar-refractivity contribution in [3.05, 3.63) is 58.1 Å². The fourth-order valence-electron chi connectivity index (χ4n) is 1.68. The van der Waals surface area contributed by atoms with E-state index >= 15 is 0 Å². The highest BCUT2D eigenvalue weighted by Crippen LogP contribution is 2.22. The van der Waals surface area contributed by atoms with Gasteiger partial charge in [-0.2, -0.15) is 0 Å². The van der Waals surface area contributed by atoms with Gasteiger partial charge >= 0.3 is 5.97 Å². The Morgan fingerprint density at radius 1 is 1.14 bits per heavy atom. The minimum atomic E-state index is -0.582. The van der Waals surface area contributed by atoms with E-state index in [-0.39, 0.29) is 24.5 Å². The van der Waals surface area contributed by atoms with Gasteiger partial charge in [0.05, 0.1) is 0 Å². The van der Waals surface area contributed by atoms with Crippen LogP contribution in [0.3, 0.4) is 0 Å². The summed E-state index contributed by atoms with van der Waals surface area (Å²) in [6.45, 7) is 2.36. The van der Waals surface area contributed by atoms with E-state index in [1.807, 2.05) is 31.2 Å². The molecule has 21 heavy (non-hydrogen) atoms. The van der Waals surface area contributed by atoms with Crippen LogP contribution in [0.5, 0.6) is 11.5 Å². The Morgan fingerprint density at radius 3 is 2.57 bits per heavy atom. The van der Waals surface area contributed by atoms with Crippen molar-refractivity contribution in [3.8, 4) is 11.5 Å². The molecule has 0 heterocycles. The maximum atomic E-state index is 11.8. The minimum absolute atomic E-state index is 0.109. The second-order valence-corrected chi connectivity index (χ2v) is 5.37. The average Bonchev–Trinajstić information content (AvgIpc) is 2.47. The quantitative estimate of drug-likeness (QED) is 0.659. The lowest BCUT2D eigenvalue weighted by molar-refractivity contribution is 0.0447. The first-order chi connectivity index (χ1) is 10.1. The molecule has 5 heteroatoms. The second kappa shape index (κ2) is 7.13. The number of benzene rings is 2. The Balaban J connectivity index is 1.81. The number of carbonyl (C=O) groups excluding carboxylic acids is 1. The molecule has 1 N–H and O–H groups in total. The van der Waals surface area contributed by atoms with Gasteiger partial charge in [-0.15, -0.1) is 0 Å². The molecule has 0 saturated carbocycles. The topological polar surface area (TPSA) is 55.8 Å². The van der Waals surface area contributed by atoms with Crippen LogP contribution in [0.1, 0.15) is 15.9 Å². The maximum Gasteiger partial charge on any atom is 0.342 e. The number of hydrogen-bond donors (Lipinski definition) is 1. The van der Waals surface area contributed by atoms with Gasteiger partial charge in [-0.25, -0.2) is 4.79 Å². The van der Waals surface area contributed by atoms with Gasteiger partial charge in [-0.1, -0.05) is 33.6 Å². The summed E-state index contributed by atoms with van der Waals surface area (Å²) in [6, 6.07) is 12.2. The predicted molar refractivity (Wildman–Crippen MR) is 82.8 cm³/mol. The standard InChI is InChI=1S/C16H15BrO4/c1-11-2-5-13(6-3-11)20-8-9-21-16(19)14-10-12(17)4-7-15(14)18/h2-7,10,18H,8-9H2,1H3. The molecule has 0 spiro atoms. The van der Waals surface area contributed by atoms with Crippen LogP contribution in [0.2, 0.25) is 0 Å². The van der Waals surface area contributed by atoms with Crippen molar-refractivity contribution in [3.63, 3.8) is 0 Å². The Kier molecular flexibility index (Phi) is 5.22. The van der Waals surface area contributed by atoms with Crippen molar-refractivity contribution >= 4 is 21.9 Å². The SMILES string of the molecule is Cc1ccc(OCCOC(=O)c2cc(Br)ccc2O)cc1. The Hall–Kier alpha value is -2.01. The lowest BCUT2D eigenvalue weighted by Gasteiger charge is -2.08.